The molecule has 2 rings (SSSR count). The SMILES string of the molecule is CC(c1ccccc1Br)N1CCC[C@H](N)C1. The Bertz CT molecular complexity index is 354. The third-order valence-electron chi connectivity index (χ3n) is 3.39. The van der Waals surface area contributed by atoms with E-state index < -0.39 is 0 Å². The monoisotopic (exact) mass is 282 g/mol. The highest BCUT2D eigenvalue weighted by Gasteiger charge is 2.22. The van der Waals surface area contributed by atoms with Gasteiger partial charge in [-0.1, -0.05) is 34.1 Å². The van der Waals surface area contributed by atoms with Gasteiger partial charge in [0.2, 0.25) is 0 Å². The van der Waals surface area contributed by atoms with Gasteiger partial charge in [-0.15, -0.1) is 0 Å². The molecular formula is C13H19BrN2. The van der Waals surface area contributed by atoms with Crippen LogP contribution in [-0.4, -0.2) is 24.0 Å². The van der Waals surface area contributed by atoms with Crippen molar-refractivity contribution in [3.63, 3.8) is 0 Å². The first kappa shape index (κ1) is 12.1. The van der Waals surface area contributed by atoms with E-state index in [0.717, 1.165) is 13.1 Å². The molecule has 1 aliphatic heterocycles. The first-order chi connectivity index (χ1) is 7.68. The van der Waals surface area contributed by atoms with Crippen LogP contribution in [0.25, 0.3) is 0 Å². The number of nitrogens with zero attached hydrogens (tertiary/aromatic N) is 1. The molecule has 0 saturated carbocycles. The van der Waals surface area contributed by atoms with Gasteiger partial charge in [-0.05, 0) is 37.9 Å². The Morgan fingerprint density at radius 2 is 2.19 bits per heavy atom. The molecule has 1 aliphatic rings. The van der Waals surface area contributed by atoms with E-state index in [-0.39, 0.29) is 0 Å². The van der Waals surface area contributed by atoms with Crippen molar-refractivity contribution in [1.29, 1.82) is 0 Å². The van der Waals surface area contributed by atoms with Gasteiger partial charge in [0.1, 0.15) is 0 Å². The number of likely N-dealkylation sites (tertiary alicyclic amines) is 1. The maximum absolute atomic E-state index is 6.03. The van der Waals surface area contributed by atoms with E-state index in [9.17, 15) is 0 Å². The van der Waals surface area contributed by atoms with E-state index in [2.05, 4.69) is 52.0 Å². The number of halogens is 1. The molecule has 16 heavy (non-hydrogen) atoms. The molecule has 2 N–H and O–H groups in total. The van der Waals surface area contributed by atoms with Crippen LogP contribution in [0.2, 0.25) is 0 Å². The molecule has 0 bridgehead atoms. The Morgan fingerprint density at radius 1 is 1.44 bits per heavy atom. The summed E-state index contributed by atoms with van der Waals surface area (Å²) < 4.78 is 1.20. The Labute approximate surface area is 106 Å². The van der Waals surface area contributed by atoms with Crippen molar-refractivity contribution in [2.75, 3.05) is 13.1 Å². The summed E-state index contributed by atoms with van der Waals surface area (Å²) in [5.74, 6) is 0. The zero-order valence-electron chi connectivity index (χ0n) is 9.70. The number of hydrogen-bond donors (Lipinski definition) is 1. The molecule has 2 atom stereocenters. The minimum absolute atomic E-state index is 0.346. The zero-order chi connectivity index (χ0) is 11.5. The first-order valence-electron chi connectivity index (χ1n) is 5.92. The Hall–Kier alpha value is -0.380. The lowest BCUT2D eigenvalue weighted by Gasteiger charge is -2.36. The number of nitrogens with two attached hydrogens (primary N) is 1. The van der Waals surface area contributed by atoms with Gasteiger partial charge in [-0.3, -0.25) is 4.90 Å². The average molecular weight is 283 g/mol. The van der Waals surface area contributed by atoms with Gasteiger partial charge in [0.15, 0.2) is 0 Å². The highest BCUT2D eigenvalue weighted by molar-refractivity contribution is 9.10. The lowest BCUT2D eigenvalue weighted by atomic mass is 10.0. The predicted molar refractivity (Wildman–Crippen MR) is 71.3 cm³/mol. The van der Waals surface area contributed by atoms with Crippen molar-refractivity contribution in [2.45, 2.75) is 31.8 Å². The van der Waals surface area contributed by atoms with Gasteiger partial charge in [-0.2, -0.15) is 0 Å². The van der Waals surface area contributed by atoms with Crippen LogP contribution in [0.3, 0.4) is 0 Å². The van der Waals surface area contributed by atoms with Crippen LogP contribution in [-0.2, 0) is 0 Å². The van der Waals surface area contributed by atoms with Crippen LogP contribution in [0, 0.1) is 0 Å². The van der Waals surface area contributed by atoms with Gasteiger partial charge in [-0.25, -0.2) is 0 Å². The minimum Gasteiger partial charge on any atom is -0.327 e. The second-order valence-electron chi connectivity index (χ2n) is 4.59. The zero-order valence-corrected chi connectivity index (χ0v) is 11.3. The molecule has 0 amide bonds. The number of rotatable bonds is 2. The molecule has 1 aromatic rings. The molecule has 3 heteroatoms. The summed E-state index contributed by atoms with van der Waals surface area (Å²) in [6.45, 7) is 4.44. The molecule has 1 unspecified atom stereocenters. The third kappa shape index (κ3) is 2.65. The average Bonchev–Trinajstić information content (AvgIpc) is 2.29. The number of piperidine rings is 1. The molecule has 1 fully saturated rings. The van der Waals surface area contributed by atoms with Gasteiger partial charge >= 0.3 is 0 Å². The van der Waals surface area contributed by atoms with Gasteiger partial charge in [0, 0.05) is 23.1 Å². The largest absolute Gasteiger partial charge is 0.327 e. The van der Waals surface area contributed by atoms with Crippen LogP contribution < -0.4 is 5.73 Å². The first-order valence-corrected chi connectivity index (χ1v) is 6.72. The van der Waals surface area contributed by atoms with Crippen molar-refractivity contribution >= 4 is 15.9 Å². The topological polar surface area (TPSA) is 29.3 Å². The van der Waals surface area contributed by atoms with Gasteiger partial charge < -0.3 is 5.73 Å². The molecular weight excluding hydrogens is 264 g/mol. The van der Waals surface area contributed by atoms with E-state index in [1.54, 1.807) is 0 Å². The summed E-state index contributed by atoms with van der Waals surface area (Å²) in [7, 11) is 0. The van der Waals surface area contributed by atoms with Crippen molar-refractivity contribution in [3.8, 4) is 0 Å². The quantitative estimate of drug-likeness (QED) is 0.904. The van der Waals surface area contributed by atoms with Gasteiger partial charge in [0.25, 0.3) is 0 Å². The summed E-state index contributed by atoms with van der Waals surface area (Å²) in [6.07, 6.45) is 2.38. The molecule has 2 nitrogen and oxygen atoms in total. The van der Waals surface area contributed by atoms with Crippen molar-refractivity contribution in [1.82, 2.24) is 4.90 Å². The maximum Gasteiger partial charge on any atom is 0.0331 e. The highest BCUT2D eigenvalue weighted by atomic mass is 79.9. The third-order valence-corrected chi connectivity index (χ3v) is 4.11. The van der Waals surface area contributed by atoms with Crippen LogP contribution >= 0.6 is 15.9 Å². The van der Waals surface area contributed by atoms with Crippen molar-refractivity contribution in [2.24, 2.45) is 5.73 Å². The minimum atomic E-state index is 0.346. The Balaban J connectivity index is 2.12. The molecule has 0 aliphatic carbocycles. The lowest BCUT2D eigenvalue weighted by molar-refractivity contribution is 0.159. The summed E-state index contributed by atoms with van der Waals surface area (Å²) in [4.78, 5) is 2.48. The fraction of sp³-hybridized carbons (Fsp3) is 0.538. The van der Waals surface area contributed by atoms with E-state index >= 15 is 0 Å². The molecule has 0 spiro atoms. The summed E-state index contributed by atoms with van der Waals surface area (Å²) in [6, 6.07) is 9.24. The smallest absolute Gasteiger partial charge is 0.0331 e. The van der Waals surface area contributed by atoms with Crippen LogP contribution in [0.5, 0.6) is 0 Å². The lowest BCUT2D eigenvalue weighted by Crippen LogP contribution is -2.43. The second kappa shape index (κ2) is 5.30. The molecule has 1 heterocycles. The number of benzene rings is 1. The standard InChI is InChI=1S/C13H19BrN2/c1-10(12-6-2-3-7-13(12)14)16-8-4-5-11(15)9-16/h2-3,6-7,10-11H,4-5,8-9,15H2,1H3/t10?,11-/m0/s1. The predicted octanol–water partition coefficient (Wildman–Crippen LogP) is 2.93. The summed E-state index contributed by atoms with van der Waals surface area (Å²) >= 11 is 3.62. The molecule has 0 radical (unpaired) electrons. The molecule has 0 aromatic heterocycles. The number of hydrogen-bond acceptors (Lipinski definition) is 2. The second-order valence-corrected chi connectivity index (χ2v) is 5.45. The molecule has 1 aromatic carbocycles. The van der Waals surface area contributed by atoms with Crippen molar-refractivity contribution in [3.05, 3.63) is 34.3 Å². The Morgan fingerprint density at radius 3 is 2.88 bits per heavy atom. The Kier molecular flexibility index (Phi) is 4.00. The van der Waals surface area contributed by atoms with Crippen molar-refractivity contribution < 1.29 is 0 Å². The maximum atomic E-state index is 6.03. The normalized spacial score (nSPS) is 24.3. The summed E-state index contributed by atoms with van der Waals surface area (Å²) in [5, 5.41) is 0. The van der Waals surface area contributed by atoms with Gasteiger partial charge in [0.05, 0.1) is 0 Å². The van der Waals surface area contributed by atoms with Crippen LogP contribution in [0.15, 0.2) is 28.7 Å². The van der Waals surface area contributed by atoms with E-state index in [1.165, 1.54) is 22.9 Å². The molecule has 88 valence electrons. The van der Waals surface area contributed by atoms with E-state index in [0.29, 0.717) is 12.1 Å². The van der Waals surface area contributed by atoms with Crippen LogP contribution in [0.1, 0.15) is 31.4 Å². The summed E-state index contributed by atoms with van der Waals surface area (Å²) in [5.41, 5.74) is 7.38. The van der Waals surface area contributed by atoms with E-state index in [1.807, 2.05) is 0 Å². The fourth-order valence-corrected chi connectivity index (χ4v) is 3.02. The van der Waals surface area contributed by atoms with E-state index in [4.69, 9.17) is 5.73 Å². The fourth-order valence-electron chi connectivity index (χ4n) is 2.40. The molecule has 1 saturated heterocycles. The van der Waals surface area contributed by atoms with Crippen LogP contribution in [0.4, 0.5) is 0 Å². The highest BCUT2D eigenvalue weighted by Crippen LogP contribution is 2.29.